The largest absolute Gasteiger partial charge is 0.497 e. The molecule has 0 bridgehead atoms. The molecule has 6 heteroatoms. The minimum absolute atomic E-state index is 0.225. The van der Waals surface area contributed by atoms with Crippen LogP contribution >= 0.6 is 15.9 Å². The molecule has 0 amide bonds. The second kappa shape index (κ2) is 6.24. The number of methoxy groups -OCH3 is 1. The third kappa shape index (κ3) is 3.70. The Hall–Kier alpha value is -0.590. The van der Waals surface area contributed by atoms with E-state index in [1.807, 2.05) is 18.2 Å². The fourth-order valence-electron chi connectivity index (χ4n) is 2.27. The highest BCUT2D eigenvalue weighted by Crippen LogP contribution is 2.23. The maximum atomic E-state index is 11.7. The summed E-state index contributed by atoms with van der Waals surface area (Å²) in [7, 11) is -1.23. The molecule has 4 nitrogen and oxygen atoms in total. The van der Waals surface area contributed by atoms with Crippen LogP contribution in [-0.4, -0.2) is 33.1 Å². The number of hydrogen-bond acceptors (Lipinski definition) is 4. The Balaban J connectivity index is 1.92. The predicted octanol–water partition coefficient (Wildman–Crippen LogP) is 2.12. The van der Waals surface area contributed by atoms with Crippen LogP contribution in [-0.2, 0) is 16.4 Å². The first kappa shape index (κ1) is 14.8. The van der Waals surface area contributed by atoms with Gasteiger partial charge >= 0.3 is 0 Å². The van der Waals surface area contributed by atoms with Crippen LogP contribution in [0.5, 0.6) is 5.75 Å². The van der Waals surface area contributed by atoms with Gasteiger partial charge in [0, 0.05) is 17.6 Å². The maximum absolute atomic E-state index is 11.7. The zero-order chi connectivity index (χ0) is 13.9. The highest BCUT2D eigenvalue weighted by Gasteiger charge is 2.30. The zero-order valence-corrected chi connectivity index (χ0v) is 13.3. The van der Waals surface area contributed by atoms with Crippen molar-refractivity contribution < 1.29 is 13.2 Å². The normalized spacial score (nSPS) is 21.5. The molecule has 0 spiro atoms. The second-order valence-electron chi connectivity index (χ2n) is 4.72. The Morgan fingerprint density at radius 3 is 2.89 bits per heavy atom. The number of hydrogen-bond donors (Lipinski definition) is 1. The molecular formula is C13H18BrNO3S. The van der Waals surface area contributed by atoms with Gasteiger partial charge in [-0.3, -0.25) is 0 Å². The summed E-state index contributed by atoms with van der Waals surface area (Å²) < 4.78 is 29.6. The molecule has 1 unspecified atom stereocenters. The summed E-state index contributed by atoms with van der Waals surface area (Å²) in [6, 6.07) is 5.76. The molecule has 1 aromatic rings. The molecule has 1 aromatic carbocycles. The van der Waals surface area contributed by atoms with Gasteiger partial charge in [-0.25, -0.2) is 8.42 Å². The fourth-order valence-corrected chi connectivity index (χ4v) is 4.46. The Labute approximate surface area is 122 Å². The molecule has 0 saturated carbocycles. The van der Waals surface area contributed by atoms with Crippen LogP contribution in [0.4, 0.5) is 0 Å². The molecule has 2 rings (SSSR count). The van der Waals surface area contributed by atoms with Gasteiger partial charge in [-0.1, -0.05) is 15.9 Å². The van der Waals surface area contributed by atoms with E-state index in [9.17, 15) is 8.42 Å². The second-order valence-corrected chi connectivity index (χ2v) is 7.97. The summed E-state index contributed by atoms with van der Waals surface area (Å²) in [5.74, 6) is 1.14. The van der Waals surface area contributed by atoms with Crippen LogP contribution in [0, 0.1) is 0 Å². The number of benzene rings is 1. The Bertz CT molecular complexity index is 545. The van der Waals surface area contributed by atoms with Crippen LogP contribution in [0.3, 0.4) is 0 Å². The average Bonchev–Trinajstić information content (AvgIpc) is 2.71. The first-order valence-electron chi connectivity index (χ1n) is 6.27. The van der Waals surface area contributed by atoms with Crippen LogP contribution < -0.4 is 10.1 Å². The van der Waals surface area contributed by atoms with Crippen molar-refractivity contribution in [2.24, 2.45) is 0 Å². The molecule has 1 atom stereocenters. The highest BCUT2D eigenvalue weighted by molar-refractivity contribution is 9.10. The Kier molecular flexibility index (Phi) is 4.86. The van der Waals surface area contributed by atoms with Gasteiger partial charge in [0.2, 0.25) is 0 Å². The summed E-state index contributed by atoms with van der Waals surface area (Å²) in [5.41, 5.74) is 1.06. The van der Waals surface area contributed by atoms with Gasteiger partial charge in [0.15, 0.2) is 9.84 Å². The Morgan fingerprint density at radius 2 is 2.26 bits per heavy atom. The molecule has 1 aliphatic rings. The van der Waals surface area contributed by atoms with E-state index < -0.39 is 9.84 Å². The van der Waals surface area contributed by atoms with Crippen molar-refractivity contribution in [3.63, 3.8) is 0 Å². The number of ether oxygens (including phenoxy) is 1. The molecule has 1 saturated heterocycles. The van der Waals surface area contributed by atoms with Crippen molar-refractivity contribution in [2.75, 3.05) is 19.4 Å². The van der Waals surface area contributed by atoms with Gasteiger partial charge in [-0.2, -0.15) is 0 Å². The van der Waals surface area contributed by atoms with Crippen molar-refractivity contribution in [1.82, 2.24) is 5.32 Å². The van der Waals surface area contributed by atoms with E-state index >= 15 is 0 Å². The maximum Gasteiger partial charge on any atom is 0.154 e. The van der Waals surface area contributed by atoms with Gasteiger partial charge in [-0.15, -0.1) is 0 Å². The van der Waals surface area contributed by atoms with Crippen LogP contribution in [0.1, 0.15) is 18.4 Å². The van der Waals surface area contributed by atoms with Gasteiger partial charge in [0.25, 0.3) is 0 Å². The average molecular weight is 348 g/mol. The molecule has 0 aliphatic carbocycles. The van der Waals surface area contributed by atoms with E-state index in [4.69, 9.17) is 4.74 Å². The summed E-state index contributed by atoms with van der Waals surface area (Å²) in [4.78, 5) is 0. The van der Waals surface area contributed by atoms with Gasteiger partial charge in [0.1, 0.15) is 5.75 Å². The lowest BCUT2D eigenvalue weighted by Gasteiger charge is -2.12. The number of nitrogens with one attached hydrogen (secondary N) is 1. The topological polar surface area (TPSA) is 55.4 Å². The third-order valence-corrected chi connectivity index (χ3v) is 6.45. The first-order valence-corrected chi connectivity index (χ1v) is 8.78. The summed E-state index contributed by atoms with van der Waals surface area (Å²) in [6.07, 6.45) is 1.56. The van der Waals surface area contributed by atoms with Gasteiger partial charge in [-0.05, 0) is 36.6 Å². The molecule has 1 heterocycles. The molecule has 106 valence electrons. The van der Waals surface area contributed by atoms with Crippen molar-refractivity contribution in [3.05, 3.63) is 28.2 Å². The van der Waals surface area contributed by atoms with E-state index in [0.29, 0.717) is 18.8 Å². The molecule has 1 fully saturated rings. The molecule has 0 radical (unpaired) electrons. The molecule has 0 aromatic heterocycles. The van der Waals surface area contributed by atoms with Crippen molar-refractivity contribution in [2.45, 2.75) is 24.6 Å². The summed E-state index contributed by atoms with van der Waals surface area (Å²) in [6.45, 7) is 1.15. The lowest BCUT2D eigenvalue weighted by molar-refractivity contribution is 0.414. The minimum Gasteiger partial charge on any atom is -0.497 e. The van der Waals surface area contributed by atoms with Crippen molar-refractivity contribution >= 4 is 25.8 Å². The Morgan fingerprint density at radius 1 is 1.47 bits per heavy atom. The lowest BCUT2D eigenvalue weighted by Crippen LogP contribution is -2.30. The van der Waals surface area contributed by atoms with Crippen molar-refractivity contribution in [1.29, 1.82) is 0 Å². The minimum atomic E-state index is -2.86. The smallest absolute Gasteiger partial charge is 0.154 e. The summed E-state index contributed by atoms with van der Waals surface area (Å²) in [5, 5.41) is 3.00. The summed E-state index contributed by atoms with van der Waals surface area (Å²) >= 11 is 3.48. The highest BCUT2D eigenvalue weighted by atomic mass is 79.9. The monoisotopic (exact) mass is 347 g/mol. The van der Waals surface area contributed by atoms with Crippen molar-refractivity contribution in [3.8, 4) is 5.75 Å². The molecular weight excluding hydrogens is 330 g/mol. The molecule has 1 aliphatic heterocycles. The van der Waals surface area contributed by atoms with Crippen LogP contribution in [0.15, 0.2) is 22.7 Å². The van der Waals surface area contributed by atoms with E-state index in [2.05, 4.69) is 21.2 Å². The van der Waals surface area contributed by atoms with E-state index in [1.165, 1.54) is 0 Å². The van der Waals surface area contributed by atoms with E-state index in [-0.39, 0.29) is 5.25 Å². The third-order valence-electron chi connectivity index (χ3n) is 3.40. The predicted molar refractivity (Wildman–Crippen MR) is 79.2 cm³/mol. The first-order chi connectivity index (χ1) is 9.03. The quantitative estimate of drug-likeness (QED) is 0.886. The van der Waals surface area contributed by atoms with Gasteiger partial charge < -0.3 is 10.1 Å². The molecule has 1 N–H and O–H groups in total. The zero-order valence-electron chi connectivity index (χ0n) is 10.9. The number of halogens is 1. The SMILES string of the molecule is COc1ccc(Br)c(CNCC2CCCS2(=O)=O)c1. The number of sulfone groups is 1. The van der Waals surface area contributed by atoms with Crippen LogP contribution in [0.25, 0.3) is 0 Å². The van der Waals surface area contributed by atoms with Gasteiger partial charge in [0.05, 0.1) is 18.1 Å². The lowest BCUT2D eigenvalue weighted by atomic mass is 10.2. The standard InChI is InChI=1S/C13H18BrNO3S/c1-18-11-4-5-13(14)10(7-11)8-15-9-12-3-2-6-19(12,16)17/h4-5,7,12,15H,2-3,6,8-9H2,1H3. The number of rotatable bonds is 5. The molecule has 19 heavy (non-hydrogen) atoms. The van der Waals surface area contributed by atoms with E-state index in [1.54, 1.807) is 7.11 Å². The van der Waals surface area contributed by atoms with Crippen LogP contribution in [0.2, 0.25) is 0 Å². The fraction of sp³-hybridized carbons (Fsp3) is 0.538. The van der Waals surface area contributed by atoms with E-state index in [0.717, 1.165) is 28.6 Å².